The number of hydrogen-bond donors (Lipinski definition) is 0. The van der Waals surface area contributed by atoms with Gasteiger partial charge in [0.2, 0.25) is 0 Å². The van der Waals surface area contributed by atoms with Gasteiger partial charge in [0.05, 0.1) is 0 Å². The van der Waals surface area contributed by atoms with Gasteiger partial charge >= 0.3 is 0 Å². The van der Waals surface area contributed by atoms with E-state index in [1.807, 2.05) is 6.92 Å². The molecule has 3 nitrogen and oxygen atoms in total. The molecule has 1 aliphatic rings. The van der Waals surface area contributed by atoms with Crippen LogP contribution in [0.4, 0.5) is 0 Å². The van der Waals surface area contributed by atoms with Gasteiger partial charge in [0.1, 0.15) is 0 Å². The van der Waals surface area contributed by atoms with Gasteiger partial charge in [-0.15, -0.1) is 0 Å². The summed E-state index contributed by atoms with van der Waals surface area (Å²) in [5.41, 5.74) is 0.693. The van der Waals surface area contributed by atoms with E-state index in [1.165, 1.54) is 23.8 Å². The highest BCUT2D eigenvalue weighted by Gasteiger charge is 2.28. The Morgan fingerprint density at radius 1 is 1.13 bits per heavy atom. The highest BCUT2D eigenvalue weighted by Crippen LogP contribution is 2.18. The zero-order chi connectivity index (χ0) is 11.3. The summed E-state index contributed by atoms with van der Waals surface area (Å²) in [5, 5.41) is 0. The molecule has 84 valence electrons. The lowest BCUT2D eigenvalue weighted by Gasteiger charge is -2.10. The molecule has 0 bridgehead atoms. The van der Waals surface area contributed by atoms with Crippen molar-refractivity contribution in [3.8, 4) is 0 Å². The molecule has 0 saturated carbocycles. The predicted octanol–water partition coefficient (Wildman–Crippen LogP) is 2.27. The molecule has 1 aliphatic heterocycles. The molecule has 1 heterocycles. The largest absolute Gasteiger partial charge is 0.275 e. The molecule has 0 saturated heterocycles. The summed E-state index contributed by atoms with van der Waals surface area (Å²) in [4.78, 5) is 24.3. The second kappa shape index (κ2) is 5.69. The lowest BCUT2D eigenvalue weighted by molar-refractivity contribution is -0.136. The van der Waals surface area contributed by atoms with Gasteiger partial charge in [-0.1, -0.05) is 26.2 Å². The number of imide groups is 1. The van der Waals surface area contributed by atoms with E-state index in [2.05, 4.69) is 6.92 Å². The van der Waals surface area contributed by atoms with Crippen LogP contribution in [0, 0.1) is 0 Å². The summed E-state index contributed by atoms with van der Waals surface area (Å²) in [6, 6.07) is 0. The highest BCUT2D eigenvalue weighted by molar-refractivity contribution is 6.16. The smallest absolute Gasteiger partial charge is 0.256 e. The summed E-state index contributed by atoms with van der Waals surface area (Å²) in [7, 11) is 0. The molecule has 1 rings (SSSR count). The Morgan fingerprint density at radius 3 is 2.40 bits per heavy atom. The SMILES string of the molecule is CCCCCCC1=CC(=O)N(CC)C1=O. The molecular formula is C12H19NO2. The summed E-state index contributed by atoms with van der Waals surface area (Å²) >= 11 is 0. The fourth-order valence-electron chi connectivity index (χ4n) is 1.78. The molecule has 0 spiro atoms. The van der Waals surface area contributed by atoms with E-state index < -0.39 is 0 Å². The lowest BCUT2D eigenvalue weighted by Crippen LogP contribution is -2.30. The van der Waals surface area contributed by atoms with E-state index >= 15 is 0 Å². The van der Waals surface area contributed by atoms with Crippen molar-refractivity contribution in [2.75, 3.05) is 6.54 Å². The van der Waals surface area contributed by atoms with Crippen LogP contribution in [0.1, 0.15) is 46.0 Å². The maximum Gasteiger partial charge on any atom is 0.256 e. The normalized spacial score (nSPS) is 16.1. The minimum atomic E-state index is -0.145. The third-order valence-corrected chi connectivity index (χ3v) is 2.70. The minimum Gasteiger partial charge on any atom is -0.275 e. The maximum atomic E-state index is 11.6. The Labute approximate surface area is 91.1 Å². The van der Waals surface area contributed by atoms with Crippen molar-refractivity contribution < 1.29 is 9.59 Å². The average Bonchev–Trinajstić information content (AvgIpc) is 2.49. The standard InChI is InChI=1S/C12H19NO2/c1-3-5-6-7-8-10-9-11(14)13(4-2)12(10)15/h9H,3-8H2,1-2H3. The molecule has 0 unspecified atom stereocenters. The molecule has 0 aromatic carbocycles. The van der Waals surface area contributed by atoms with E-state index in [0.717, 1.165) is 19.3 Å². The van der Waals surface area contributed by atoms with Gasteiger partial charge in [-0.05, 0) is 19.8 Å². The number of amides is 2. The Morgan fingerprint density at radius 2 is 1.87 bits per heavy atom. The molecule has 0 fully saturated rings. The van der Waals surface area contributed by atoms with Crippen LogP contribution in [-0.2, 0) is 9.59 Å². The van der Waals surface area contributed by atoms with Crippen LogP contribution >= 0.6 is 0 Å². The van der Waals surface area contributed by atoms with Crippen LogP contribution in [0.2, 0.25) is 0 Å². The predicted molar refractivity (Wildman–Crippen MR) is 59.2 cm³/mol. The number of unbranched alkanes of at least 4 members (excludes halogenated alkanes) is 3. The molecule has 0 radical (unpaired) electrons. The highest BCUT2D eigenvalue weighted by atomic mass is 16.2. The van der Waals surface area contributed by atoms with E-state index in [-0.39, 0.29) is 11.8 Å². The van der Waals surface area contributed by atoms with E-state index in [4.69, 9.17) is 0 Å². The second-order valence-electron chi connectivity index (χ2n) is 3.87. The van der Waals surface area contributed by atoms with Crippen LogP contribution in [0.5, 0.6) is 0 Å². The Kier molecular flexibility index (Phi) is 4.53. The van der Waals surface area contributed by atoms with Gasteiger partial charge < -0.3 is 0 Å². The van der Waals surface area contributed by atoms with Crippen molar-refractivity contribution in [2.24, 2.45) is 0 Å². The van der Waals surface area contributed by atoms with Gasteiger partial charge in [0, 0.05) is 18.2 Å². The quantitative estimate of drug-likeness (QED) is 0.497. The molecule has 0 aromatic heterocycles. The first-order chi connectivity index (χ1) is 7.20. The summed E-state index contributed by atoms with van der Waals surface area (Å²) in [6.45, 7) is 4.46. The number of nitrogens with zero attached hydrogens (tertiary/aromatic N) is 1. The monoisotopic (exact) mass is 209 g/mol. The Bertz CT molecular complexity index is 281. The van der Waals surface area contributed by atoms with Gasteiger partial charge in [0.25, 0.3) is 11.8 Å². The second-order valence-corrected chi connectivity index (χ2v) is 3.87. The van der Waals surface area contributed by atoms with Crippen LogP contribution in [0.15, 0.2) is 11.6 Å². The van der Waals surface area contributed by atoms with Crippen molar-refractivity contribution >= 4 is 11.8 Å². The van der Waals surface area contributed by atoms with E-state index in [9.17, 15) is 9.59 Å². The molecule has 3 heteroatoms. The molecule has 0 aliphatic carbocycles. The topological polar surface area (TPSA) is 37.4 Å². The number of likely N-dealkylation sites (N-methyl/N-ethyl adjacent to an activating group) is 1. The van der Waals surface area contributed by atoms with Gasteiger partial charge in [-0.2, -0.15) is 0 Å². The minimum absolute atomic E-state index is 0.0843. The third kappa shape index (κ3) is 2.91. The third-order valence-electron chi connectivity index (χ3n) is 2.70. The molecule has 2 amide bonds. The Hall–Kier alpha value is -1.12. The summed E-state index contributed by atoms with van der Waals surface area (Å²) in [5.74, 6) is -0.230. The van der Waals surface area contributed by atoms with Crippen molar-refractivity contribution in [1.29, 1.82) is 0 Å². The zero-order valence-corrected chi connectivity index (χ0v) is 9.58. The van der Waals surface area contributed by atoms with Gasteiger partial charge in [-0.3, -0.25) is 14.5 Å². The molecule has 0 N–H and O–H groups in total. The van der Waals surface area contributed by atoms with Crippen molar-refractivity contribution in [2.45, 2.75) is 46.0 Å². The van der Waals surface area contributed by atoms with Crippen molar-refractivity contribution in [1.82, 2.24) is 4.90 Å². The Balaban J connectivity index is 2.40. The van der Waals surface area contributed by atoms with Crippen LogP contribution in [-0.4, -0.2) is 23.3 Å². The number of carbonyl (C=O) groups is 2. The lowest BCUT2D eigenvalue weighted by atomic mass is 10.1. The van der Waals surface area contributed by atoms with Crippen molar-refractivity contribution in [3.05, 3.63) is 11.6 Å². The first-order valence-electron chi connectivity index (χ1n) is 5.77. The number of hydrogen-bond acceptors (Lipinski definition) is 2. The van der Waals surface area contributed by atoms with Crippen LogP contribution in [0.3, 0.4) is 0 Å². The van der Waals surface area contributed by atoms with Crippen LogP contribution < -0.4 is 0 Å². The average molecular weight is 209 g/mol. The van der Waals surface area contributed by atoms with Gasteiger partial charge in [0.15, 0.2) is 0 Å². The van der Waals surface area contributed by atoms with Crippen LogP contribution in [0.25, 0.3) is 0 Å². The molecular weight excluding hydrogens is 190 g/mol. The fourth-order valence-corrected chi connectivity index (χ4v) is 1.78. The number of carbonyl (C=O) groups excluding carboxylic acids is 2. The zero-order valence-electron chi connectivity index (χ0n) is 9.58. The van der Waals surface area contributed by atoms with Crippen molar-refractivity contribution in [3.63, 3.8) is 0 Å². The first kappa shape index (κ1) is 12.0. The van der Waals surface area contributed by atoms with E-state index in [1.54, 1.807) is 0 Å². The summed E-state index contributed by atoms with van der Waals surface area (Å²) < 4.78 is 0. The van der Waals surface area contributed by atoms with Gasteiger partial charge in [-0.25, -0.2) is 0 Å². The summed E-state index contributed by atoms with van der Waals surface area (Å²) in [6.07, 6.45) is 6.79. The maximum absolute atomic E-state index is 11.6. The molecule has 0 atom stereocenters. The first-order valence-corrected chi connectivity index (χ1v) is 5.77. The van der Waals surface area contributed by atoms with E-state index in [0.29, 0.717) is 12.1 Å². The fraction of sp³-hybridized carbons (Fsp3) is 0.667. The number of rotatable bonds is 6. The molecule has 15 heavy (non-hydrogen) atoms. The molecule has 0 aromatic rings.